The predicted molar refractivity (Wildman–Crippen MR) is 54.6 cm³/mol. The molecule has 2 heterocycles. The van der Waals surface area contributed by atoms with E-state index in [2.05, 4.69) is 46.6 Å². The lowest BCUT2D eigenvalue weighted by Gasteiger charge is -2.28. The summed E-state index contributed by atoms with van der Waals surface area (Å²) in [4.78, 5) is 2.41. The lowest BCUT2D eigenvalue weighted by molar-refractivity contribution is 0.837. The summed E-state index contributed by atoms with van der Waals surface area (Å²) in [6.45, 7) is 2.05. The fraction of sp³-hybridized carbons (Fsp3) is 0.273. The molecule has 0 spiro atoms. The van der Waals surface area contributed by atoms with E-state index >= 15 is 0 Å². The third-order valence-electron chi connectivity index (χ3n) is 2.78. The molecule has 2 aliphatic rings. The molecule has 2 nitrogen and oxygen atoms in total. The van der Waals surface area contributed by atoms with Crippen LogP contribution in [0.5, 0.6) is 0 Å². The average molecular weight is 172 g/mol. The van der Waals surface area contributed by atoms with Crippen molar-refractivity contribution in [1.82, 2.24) is 5.32 Å². The SMILES string of the molecule is C1=CC2CNCN2c2ccccc21. The van der Waals surface area contributed by atoms with E-state index in [-0.39, 0.29) is 0 Å². The maximum Gasteiger partial charge on any atom is 0.0689 e. The molecular formula is C11H12N2. The molecule has 3 rings (SSSR count). The minimum Gasteiger partial charge on any atom is -0.351 e. The summed E-state index contributed by atoms with van der Waals surface area (Å²) >= 11 is 0. The molecular weight excluding hydrogens is 160 g/mol. The van der Waals surface area contributed by atoms with Crippen LogP contribution in [0.25, 0.3) is 6.08 Å². The molecule has 1 fully saturated rings. The number of fused-ring (bicyclic) bond motifs is 3. The van der Waals surface area contributed by atoms with Crippen LogP contribution in [-0.2, 0) is 0 Å². The Labute approximate surface area is 77.9 Å². The van der Waals surface area contributed by atoms with E-state index in [1.54, 1.807) is 0 Å². The minimum atomic E-state index is 0.565. The van der Waals surface area contributed by atoms with Crippen molar-refractivity contribution in [1.29, 1.82) is 0 Å². The van der Waals surface area contributed by atoms with Gasteiger partial charge in [-0.1, -0.05) is 30.4 Å². The molecule has 0 amide bonds. The monoisotopic (exact) mass is 172 g/mol. The number of para-hydroxylation sites is 1. The molecule has 1 N–H and O–H groups in total. The number of nitrogens with one attached hydrogen (secondary N) is 1. The molecule has 1 aromatic carbocycles. The first kappa shape index (κ1) is 7.15. The second-order valence-electron chi connectivity index (χ2n) is 3.57. The summed E-state index contributed by atoms with van der Waals surface area (Å²) < 4.78 is 0. The van der Waals surface area contributed by atoms with E-state index < -0.39 is 0 Å². The summed E-state index contributed by atoms with van der Waals surface area (Å²) in [5.41, 5.74) is 2.70. The van der Waals surface area contributed by atoms with Crippen LogP contribution in [-0.4, -0.2) is 19.3 Å². The summed E-state index contributed by atoms with van der Waals surface area (Å²) in [5, 5.41) is 3.38. The van der Waals surface area contributed by atoms with Gasteiger partial charge in [0.15, 0.2) is 0 Å². The van der Waals surface area contributed by atoms with Crippen molar-refractivity contribution < 1.29 is 0 Å². The van der Waals surface area contributed by atoms with Crippen molar-refractivity contribution in [3.63, 3.8) is 0 Å². The molecule has 1 saturated heterocycles. The maximum absolute atomic E-state index is 3.38. The summed E-state index contributed by atoms with van der Waals surface area (Å²) in [7, 11) is 0. The Morgan fingerprint density at radius 3 is 3.23 bits per heavy atom. The molecule has 0 saturated carbocycles. The number of nitrogens with zero attached hydrogens (tertiary/aromatic N) is 1. The fourth-order valence-corrected chi connectivity index (χ4v) is 2.10. The lowest BCUT2D eigenvalue weighted by Crippen LogP contribution is -2.31. The van der Waals surface area contributed by atoms with Gasteiger partial charge in [0.25, 0.3) is 0 Å². The number of anilines is 1. The Kier molecular flexibility index (Phi) is 1.43. The van der Waals surface area contributed by atoms with Crippen molar-refractivity contribution >= 4 is 11.8 Å². The van der Waals surface area contributed by atoms with Gasteiger partial charge in [0.2, 0.25) is 0 Å². The van der Waals surface area contributed by atoms with Gasteiger partial charge in [-0.3, -0.25) is 5.32 Å². The van der Waals surface area contributed by atoms with Crippen LogP contribution in [0.15, 0.2) is 30.3 Å². The second kappa shape index (κ2) is 2.60. The van der Waals surface area contributed by atoms with Gasteiger partial charge in [0.1, 0.15) is 0 Å². The molecule has 13 heavy (non-hydrogen) atoms. The summed E-state index contributed by atoms with van der Waals surface area (Å²) in [5.74, 6) is 0. The molecule has 1 aromatic rings. The van der Waals surface area contributed by atoms with E-state index in [1.165, 1.54) is 11.3 Å². The van der Waals surface area contributed by atoms with E-state index in [0.29, 0.717) is 6.04 Å². The Hall–Kier alpha value is -1.28. The normalized spacial score (nSPS) is 24.3. The van der Waals surface area contributed by atoms with Crippen molar-refractivity contribution in [2.75, 3.05) is 18.1 Å². The van der Waals surface area contributed by atoms with E-state index in [1.807, 2.05) is 0 Å². The molecule has 0 bridgehead atoms. The van der Waals surface area contributed by atoms with Crippen molar-refractivity contribution in [2.24, 2.45) is 0 Å². The fourth-order valence-electron chi connectivity index (χ4n) is 2.10. The number of hydrogen-bond donors (Lipinski definition) is 1. The molecule has 0 aromatic heterocycles. The molecule has 66 valence electrons. The molecule has 1 unspecified atom stereocenters. The first-order chi connectivity index (χ1) is 6.45. The highest BCUT2D eigenvalue weighted by molar-refractivity contribution is 5.72. The first-order valence-corrected chi connectivity index (χ1v) is 4.70. The van der Waals surface area contributed by atoms with Gasteiger partial charge in [-0.15, -0.1) is 0 Å². The lowest BCUT2D eigenvalue weighted by atomic mass is 10.0. The molecule has 2 aliphatic heterocycles. The van der Waals surface area contributed by atoms with Crippen molar-refractivity contribution in [3.05, 3.63) is 35.9 Å². The number of hydrogen-bond acceptors (Lipinski definition) is 2. The van der Waals surface area contributed by atoms with E-state index in [0.717, 1.165) is 13.2 Å². The smallest absolute Gasteiger partial charge is 0.0689 e. The topological polar surface area (TPSA) is 15.3 Å². The van der Waals surface area contributed by atoms with Crippen molar-refractivity contribution in [3.8, 4) is 0 Å². The van der Waals surface area contributed by atoms with Gasteiger partial charge in [0.05, 0.1) is 12.7 Å². The zero-order valence-corrected chi connectivity index (χ0v) is 7.40. The Morgan fingerprint density at radius 2 is 2.23 bits per heavy atom. The third kappa shape index (κ3) is 0.988. The van der Waals surface area contributed by atoms with Crippen LogP contribution in [0, 0.1) is 0 Å². The quantitative estimate of drug-likeness (QED) is 0.637. The molecule has 2 heteroatoms. The average Bonchev–Trinajstić information content (AvgIpc) is 2.65. The molecule has 0 radical (unpaired) electrons. The molecule has 0 aliphatic carbocycles. The van der Waals surface area contributed by atoms with Gasteiger partial charge >= 0.3 is 0 Å². The number of benzene rings is 1. The largest absolute Gasteiger partial charge is 0.351 e. The first-order valence-electron chi connectivity index (χ1n) is 4.70. The number of rotatable bonds is 0. The Bertz CT molecular complexity index is 357. The highest BCUT2D eigenvalue weighted by Crippen LogP contribution is 2.29. The zero-order chi connectivity index (χ0) is 8.67. The van der Waals surface area contributed by atoms with Gasteiger partial charge in [0, 0.05) is 12.2 Å². The summed E-state index contributed by atoms with van der Waals surface area (Å²) in [6, 6.07) is 9.12. The van der Waals surface area contributed by atoms with Crippen LogP contribution in [0.4, 0.5) is 5.69 Å². The van der Waals surface area contributed by atoms with Crippen LogP contribution in [0.3, 0.4) is 0 Å². The Balaban J connectivity index is 2.13. The summed E-state index contributed by atoms with van der Waals surface area (Å²) in [6.07, 6.45) is 4.51. The van der Waals surface area contributed by atoms with Gasteiger partial charge in [-0.25, -0.2) is 0 Å². The van der Waals surface area contributed by atoms with Crippen LogP contribution < -0.4 is 10.2 Å². The standard InChI is InChI=1S/C11H12N2/c1-2-4-11-9(3-1)5-6-10-7-12-8-13(10)11/h1-6,10,12H,7-8H2. The molecule has 1 atom stereocenters. The predicted octanol–water partition coefficient (Wildman–Crippen LogP) is 1.45. The Morgan fingerprint density at radius 1 is 1.31 bits per heavy atom. The highest BCUT2D eigenvalue weighted by atomic mass is 15.3. The van der Waals surface area contributed by atoms with Crippen molar-refractivity contribution in [2.45, 2.75) is 6.04 Å². The van der Waals surface area contributed by atoms with Gasteiger partial charge in [-0.2, -0.15) is 0 Å². The van der Waals surface area contributed by atoms with E-state index in [9.17, 15) is 0 Å². The van der Waals surface area contributed by atoms with E-state index in [4.69, 9.17) is 0 Å². The minimum absolute atomic E-state index is 0.565. The third-order valence-corrected chi connectivity index (χ3v) is 2.78. The van der Waals surface area contributed by atoms with Gasteiger partial charge in [-0.05, 0) is 11.6 Å². The van der Waals surface area contributed by atoms with Crippen LogP contribution in [0.1, 0.15) is 5.56 Å². The second-order valence-corrected chi connectivity index (χ2v) is 3.57. The highest BCUT2D eigenvalue weighted by Gasteiger charge is 2.25. The van der Waals surface area contributed by atoms with Crippen LogP contribution >= 0.6 is 0 Å². The zero-order valence-electron chi connectivity index (χ0n) is 7.40. The van der Waals surface area contributed by atoms with Gasteiger partial charge < -0.3 is 4.90 Å². The van der Waals surface area contributed by atoms with Crippen LogP contribution in [0.2, 0.25) is 0 Å². The maximum atomic E-state index is 3.38.